The van der Waals surface area contributed by atoms with Crippen molar-refractivity contribution >= 4 is 11.7 Å². The second kappa shape index (κ2) is 6.51. The molecule has 2 atom stereocenters. The third kappa shape index (κ3) is 3.66. The lowest BCUT2D eigenvalue weighted by Crippen LogP contribution is -2.24. The maximum Gasteiger partial charge on any atom is 0.337 e. The first-order valence-electron chi connectivity index (χ1n) is 6.02. The number of carbonyl (C=O) groups is 1. The number of carboxylic acids is 1. The van der Waals surface area contributed by atoms with Crippen LogP contribution in [0.5, 0.6) is 0 Å². The number of aromatic carboxylic acids is 1. The molecule has 106 valence electrons. The number of aliphatic hydroxyl groups is 2. The highest BCUT2D eigenvalue weighted by molar-refractivity contribution is 5.94. The van der Waals surface area contributed by atoms with Gasteiger partial charge < -0.3 is 26.4 Å². The van der Waals surface area contributed by atoms with Crippen molar-refractivity contribution in [1.29, 1.82) is 0 Å². The van der Waals surface area contributed by atoms with Crippen molar-refractivity contribution in [3.05, 3.63) is 28.8 Å². The zero-order valence-corrected chi connectivity index (χ0v) is 11.1. The zero-order valence-electron chi connectivity index (χ0n) is 11.1. The molecule has 0 radical (unpaired) electrons. The van der Waals surface area contributed by atoms with Crippen LogP contribution in [0.4, 0.5) is 5.69 Å². The number of anilines is 1. The minimum Gasteiger partial charge on any atom is -0.478 e. The number of hydrogen-bond acceptors (Lipinski definition) is 5. The summed E-state index contributed by atoms with van der Waals surface area (Å²) in [7, 11) is 1.74. The minimum absolute atomic E-state index is 0.00546. The number of rotatable bonds is 6. The van der Waals surface area contributed by atoms with Crippen LogP contribution in [-0.2, 0) is 0 Å². The average Bonchev–Trinajstić information content (AvgIpc) is 2.37. The Morgan fingerprint density at radius 2 is 2.05 bits per heavy atom. The summed E-state index contributed by atoms with van der Waals surface area (Å²) in [5.41, 5.74) is 6.61. The Morgan fingerprint density at radius 1 is 1.42 bits per heavy atom. The molecule has 6 heteroatoms. The fourth-order valence-corrected chi connectivity index (χ4v) is 1.90. The molecule has 6 N–H and O–H groups in total. The number of hydrogen-bond donors (Lipinski definition) is 5. The van der Waals surface area contributed by atoms with Crippen LogP contribution in [0.15, 0.2) is 12.1 Å². The fraction of sp³-hybridized carbons (Fsp3) is 0.462. The first-order valence-corrected chi connectivity index (χ1v) is 6.02. The van der Waals surface area contributed by atoms with Crippen molar-refractivity contribution in [2.75, 3.05) is 19.3 Å². The minimum atomic E-state index is -1.20. The lowest BCUT2D eigenvalue weighted by atomic mass is 9.95. The van der Waals surface area contributed by atoms with Crippen LogP contribution in [-0.4, -0.2) is 41.0 Å². The molecule has 1 aromatic rings. The van der Waals surface area contributed by atoms with Crippen molar-refractivity contribution in [3.8, 4) is 0 Å². The van der Waals surface area contributed by atoms with E-state index in [9.17, 15) is 15.0 Å². The van der Waals surface area contributed by atoms with Crippen LogP contribution < -0.4 is 11.1 Å². The number of benzene rings is 1. The molecule has 0 aliphatic rings. The number of nitrogens with two attached hydrogens (primary N) is 1. The highest BCUT2D eigenvalue weighted by atomic mass is 16.4. The van der Waals surface area contributed by atoms with Gasteiger partial charge in [0.1, 0.15) is 6.10 Å². The third-order valence-corrected chi connectivity index (χ3v) is 2.96. The van der Waals surface area contributed by atoms with Crippen LogP contribution in [0.1, 0.15) is 34.0 Å². The van der Waals surface area contributed by atoms with Gasteiger partial charge >= 0.3 is 5.97 Å². The third-order valence-electron chi connectivity index (χ3n) is 2.96. The lowest BCUT2D eigenvalue weighted by Gasteiger charge is -2.21. The molecule has 0 spiro atoms. The van der Waals surface area contributed by atoms with Crippen molar-refractivity contribution in [2.45, 2.75) is 25.6 Å². The van der Waals surface area contributed by atoms with E-state index in [0.717, 1.165) is 0 Å². The number of nitrogen functional groups attached to an aromatic ring is 1. The van der Waals surface area contributed by atoms with E-state index in [1.54, 1.807) is 20.0 Å². The molecular formula is C13H20N2O4. The molecule has 19 heavy (non-hydrogen) atoms. The van der Waals surface area contributed by atoms with Gasteiger partial charge in [0.15, 0.2) is 0 Å². The maximum atomic E-state index is 11.1. The monoisotopic (exact) mass is 268 g/mol. The molecule has 0 saturated carbocycles. The molecular weight excluding hydrogens is 248 g/mol. The number of aryl methyl sites for hydroxylation is 1. The summed E-state index contributed by atoms with van der Waals surface area (Å²) in [4.78, 5) is 11.1. The van der Waals surface area contributed by atoms with Gasteiger partial charge in [0.05, 0.1) is 17.4 Å². The van der Waals surface area contributed by atoms with Crippen LogP contribution in [0.25, 0.3) is 0 Å². The first kappa shape index (κ1) is 15.4. The van der Waals surface area contributed by atoms with Gasteiger partial charge in [0.25, 0.3) is 0 Å². The Kier molecular flexibility index (Phi) is 5.29. The van der Waals surface area contributed by atoms with Gasteiger partial charge in [-0.3, -0.25) is 0 Å². The summed E-state index contributed by atoms with van der Waals surface area (Å²) in [6.07, 6.45) is -1.86. The SMILES string of the molecule is CNCCC(O)C(O)c1cc(C)cc(C(=O)O)c1N. The Balaban J connectivity index is 3.08. The van der Waals surface area contributed by atoms with Gasteiger partial charge in [0.2, 0.25) is 0 Å². The molecule has 0 aliphatic heterocycles. The van der Waals surface area contributed by atoms with E-state index in [2.05, 4.69) is 5.32 Å². The Hall–Kier alpha value is -1.63. The summed E-state index contributed by atoms with van der Waals surface area (Å²) < 4.78 is 0. The predicted octanol–water partition coefficient (Wildman–Crippen LogP) is 0.279. The zero-order chi connectivity index (χ0) is 14.6. The molecule has 0 bridgehead atoms. The summed E-state index contributed by atoms with van der Waals surface area (Å²) in [5.74, 6) is -1.15. The van der Waals surface area contributed by atoms with Crippen molar-refractivity contribution in [3.63, 3.8) is 0 Å². The molecule has 0 aromatic heterocycles. The van der Waals surface area contributed by atoms with Gasteiger partial charge in [0, 0.05) is 5.56 Å². The van der Waals surface area contributed by atoms with E-state index in [1.807, 2.05) is 0 Å². The topological polar surface area (TPSA) is 116 Å². The summed E-state index contributed by atoms with van der Waals surface area (Å²) >= 11 is 0. The maximum absolute atomic E-state index is 11.1. The number of nitrogens with one attached hydrogen (secondary N) is 1. The molecule has 0 heterocycles. The Bertz CT molecular complexity index is 462. The summed E-state index contributed by atoms with van der Waals surface area (Å²) in [6.45, 7) is 2.25. The largest absolute Gasteiger partial charge is 0.478 e. The van der Waals surface area contributed by atoms with Crippen molar-refractivity contribution in [2.24, 2.45) is 0 Å². The quantitative estimate of drug-likeness (QED) is 0.473. The smallest absolute Gasteiger partial charge is 0.337 e. The molecule has 1 aromatic carbocycles. The molecule has 0 aliphatic carbocycles. The van der Waals surface area contributed by atoms with Crippen molar-refractivity contribution in [1.82, 2.24) is 5.32 Å². The van der Waals surface area contributed by atoms with Gasteiger partial charge in [-0.25, -0.2) is 4.79 Å². The van der Waals surface area contributed by atoms with Gasteiger partial charge in [-0.05, 0) is 38.6 Å². The predicted molar refractivity (Wildman–Crippen MR) is 72.1 cm³/mol. The molecule has 0 fully saturated rings. The van der Waals surface area contributed by atoms with Crippen molar-refractivity contribution < 1.29 is 20.1 Å². The van der Waals surface area contributed by atoms with E-state index in [0.29, 0.717) is 18.5 Å². The molecule has 2 unspecified atom stereocenters. The van der Waals surface area contributed by atoms with Crippen LogP contribution >= 0.6 is 0 Å². The Morgan fingerprint density at radius 3 is 2.58 bits per heavy atom. The summed E-state index contributed by atoms with van der Waals surface area (Å²) in [5, 5.41) is 31.8. The van der Waals surface area contributed by atoms with Gasteiger partial charge in [-0.15, -0.1) is 0 Å². The normalized spacial score (nSPS) is 14.1. The highest BCUT2D eigenvalue weighted by Gasteiger charge is 2.23. The molecule has 0 saturated heterocycles. The lowest BCUT2D eigenvalue weighted by molar-refractivity contribution is 0.0144. The van der Waals surface area contributed by atoms with Crippen LogP contribution in [0.2, 0.25) is 0 Å². The first-order chi connectivity index (χ1) is 8.88. The Labute approximate surface area is 111 Å². The number of carboxylic acid groups (broad SMARTS) is 1. The van der Waals surface area contributed by atoms with Gasteiger partial charge in [-0.2, -0.15) is 0 Å². The van der Waals surface area contributed by atoms with E-state index >= 15 is 0 Å². The second-order valence-corrected chi connectivity index (χ2v) is 4.52. The number of aliphatic hydroxyl groups excluding tert-OH is 2. The average molecular weight is 268 g/mol. The van der Waals surface area contributed by atoms with Gasteiger partial charge in [-0.1, -0.05) is 6.07 Å². The van der Waals surface area contributed by atoms with Crippen LogP contribution in [0.3, 0.4) is 0 Å². The van der Waals surface area contributed by atoms with Crippen LogP contribution in [0, 0.1) is 6.92 Å². The molecule has 0 amide bonds. The molecule has 1 rings (SSSR count). The van der Waals surface area contributed by atoms with E-state index in [1.165, 1.54) is 6.07 Å². The summed E-state index contributed by atoms with van der Waals surface area (Å²) in [6, 6.07) is 3.03. The van der Waals surface area contributed by atoms with E-state index in [-0.39, 0.29) is 16.8 Å². The standard InChI is InChI=1S/C13H20N2O4/c1-7-5-8(11(14)9(6-7)13(18)19)12(17)10(16)3-4-15-2/h5-6,10,12,15-17H,3-4,14H2,1-2H3,(H,18,19). The van der Waals surface area contributed by atoms with E-state index in [4.69, 9.17) is 10.8 Å². The highest BCUT2D eigenvalue weighted by Crippen LogP contribution is 2.28. The molecule has 6 nitrogen and oxygen atoms in total. The second-order valence-electron chi connectivity index (χ2n) is 4.52. The van der Waals surface area contributed by atoms with E-state index < -0.39 is 18.2 Å². The fourth-order valence-electron chi connectivity index (χ4n) is 1.90.